The van der Waals surface area contributed by atoms with Crippen LogP contribution in [0.4, 0.5) is 0 Å². The minimum atomic E-state index is -1.91. The van der Waals surface area contributed by atoms with Crippen molar-refractivity contribution < 1.29 is 39.2 Å². The molecule has 76 heavy (non-hydrogen) atoms. The van der Waals surface area contributed by atoms with Gasteiger partial charge >= 0.3 is 5.97 Å². The third kappa shape index (κ3) is 8.46. The van der Waals surface area contributed by atoms with E-state index in [2.05, 4.69) is 33.2 Å². The van der Waals surface area contributed by atoms with Crippen molar-refractivity contribution in [2.45, 2.75) is 123 Å². The molecule has 18 nitrogen and oxygen atoms in total. The number of nitrogens with one attached hydrogen (secondary N) is 1. The van der Waals surface area contributed by atoms with Crippen LogP contribution in [0.3, 0.4) is 0 Å². The topological polar surface area (TPSA) is 227 Å². The summed E-state index contributed by atoms with van der Waals surface area (Å²) in [6.07, 6.45) is 6.95. The Morgan fingerprint density at radius 3 is 2.46 bits per heavy atom. The van der Waals surface area contributed by atoms with Gasteiger partial charge in [0.15, 0.2) is 11.4 Å². The van der Waals surface area contributed by atoms with Gasteiger partial charge in [0.1, 0.15) is 24.1 Å². The Labute approximate surface area is 438 Å². The molecule has 2 atom stereocenters. The number of esters is 1. The van der Waals surface area contributed by atoms with Gasteiger partial charge in [-0.25, -0.2) is 9.78 Å². The molecule has 4 N–H and O–H groups in total. The van der Waals surface area contributed by atoms with E-state index in [9.17, 15) is 39.3 Å². The first-order chi connectivity index (χ1) is 36.6. The zero-order valence-electron chi connectivity index (χ0n) is 43.6. The maximum Gasteiger partial charge on any atom is 0.343 e. The molecule has 7 aromatic rings. The molecule has 0 radical (unpaired) electrons. The summed E-state index contributed by atoms with van der Waals surface area (Å²) in [7, 11) is 0. The van der Waals surface area contributed by atoms with Crippen LogP contribution in [0.2, 0.25) is 0 Å². The smallest absolute Gasteiger partial charge is 0.343 e. The van der Waals surface area contributed by atoms with Gasteiger partial charge in [-0.1, -0.05) is 33.8 Å². The number of cyclic esters (lactones) is 1. The quantitative estimate of drug-likeness (QED) is 0.0858. The van der Waals surface area contributed by atoms with Gasteiger partial charge in [0.25, 0.3) is 11.5 Å². The lowest BCUT2D eigenvalue weighted by Gasteiger charge is -2.35. The van der Waals surface area contributed by atoms with Crippen LogP contribution in [-0.4, -0.2) is 110 Å². The highest BCUT2D eigenvalue weighted by Gasteiger charge is 2.46. The number of aromatic hydroxyl groups is 2. The number of fused-ring (bicyclic) bond motifs is 6. The molecular weight excluding hydrogens is 967 g/mol. The molecular formula is C58H63N9O9. The van der Waals surface area contributed by atoms with Gasteiger partial charge in [-0.3, -0.25) is 23.7 Å². The van der Waals surface area contributed by atoms with Crippen LogP contribution in [0.25, 0.3) is 50.3 Å². The van der Waals surface area contributed by atoms with Crippen LogP contribution in [0.1, 0.15) is 123 Å². The van der Waals surface area contributed by atoms with E-state index >= 15 is 0 Å². The van der Waals surface area contributed by atoms with Crippen molar-refractivity contribution in [2.75, 3.05) is 26.2 Å². The highest BCUT2D eigenvalue weighted by molar-refractivity contribution is 5.94. The van der Waals surface area contributed by atoms with E-state index in [1.165, 1.54) is 6.07 Å². The number of hydrogen-bond donors (Lipinski definition) is 4. The molecule has 2 saturated heterocycles. The predicted molar refractivity (Wildman–Crippen MR) is 284 cm³/mol. The normalized spacial score (nSPS) is 18.4. The molecule has 3 aromatic carbocycles. The number of carbonyl (C=O) groups excluding carboxylic acids is 4. The third-order valence-electron chi connectivity index (χ3n) is 16.4. The van der Waals surface area contributed by atoms with Crippen molar-refractivity contribution in [3.8, 4) is 40.0 Å². The number of phenolic OH excluding ortho intramolecular Hbond substituents is 2. The van der Waals surface area contributed by atoms with Crippen molar-refractivity contribution in [3.63, 3.8) is 0 Å². The van der Waals surface area contributed by atoms with E-state index < -0.39 is 23.5 Å². The second-order valence-electron chi connectivity index (χ2n) is 21.1. The van der Waals surface area contributed by atoms with Crippen molar-refractivity contribution in [1.29, 1.82) is 0 Å². The van der Waals surface area contributed by atoms with Crippen LogP contribution in [-0.2, 0) is 57.3 Å². The number of phenols is 2. The summed E-state index contributed by atoms with van der Waals surface area (Å²) in [4.78, 5) is 76.9. The van der Waals surface area contributed by atoms with E-state index in [-0.39, 0.29) is 77.0 Å². The van der Waals surface area contributed by atoms with E-state index in [0.717, 1.165) is 65.2 Å². The molecule has 2 fully saturated rings. The number of aryl methyl sites for hydroxylation is 2. The third-order valence-corrected chi connectivity index (χ3v) is 16.4. The number of benzene rings is 3. The first kappa shape index (κ1) is 50.3. The summed E-state index contributed by atoms with van der Waals surface area (Å²) in [6.45, 7) is 12.5. The molecule has 4 aromatic heterocycles. The molecule has 394 valence electrons. The molecule has 4 aliphatic rings. The first-order valence-electron chi connectivity index (χ1n) is 26.7. The Morgan fingerprint density at radius 1 is 0.908 bits per heavy atom. The number of amides is 3. The average molecular weight is 1030 g/mol. The van der Waals surface area contributed by atoms with Crippen molar-refractivity contribution in [1.82, 2.24) is 44.0 Å². The monoisotopic (exact) mass is 1030 g/mol. The minimum absolute atomic E-state index is 0.0143. The Bertz CT molecular complexity index is 3590. The first-order valence-corrected chi connectivity index (χ1v) is 26.7. The summed E-state index contributed by atoms with van der Waals surface area (Å²) in [5.74, 6) is -0.743. The molecule has 0 aliphatic carbocycles. The molecule has 0 unspecified atom stereocenters. The van der Waals surface area contributed by atoms with Crippen LogP contribution in [0.15, 0.2) is 71.7 Å². The largest absolute Gasteiger partial charge is 0.508 e. The van der Waals surface area contributed by atoms with Gasteiger partial charge in [0, 0.05) is 72.4 Å². The van der Waals surface area contributed by atoms with Crippen molar-refractivity contribution in [3.05, 3.63) is 116 Å². The van der Waals surface area contributed by atoms with Gasteiger partial charge in [-0.05, 0) is 129 Å². The van der Waals surface area contributed by atoms with E-state index in [1.807, 2.05) is 68.1 Å². The molecule has 0 spiro atoms. The molecule has 11 rings (SSSR count). The minimum Gasteiger partial charge on any atom is -0.508 e. The van der Waals surface area contributed by atoms with Gasteiger partial charge in [0.2, 0.25) is 17.6 Å². The molecule has 4 aliphatic heterocycles. The van der Waals surface area contributed by atoms with E-state index in [4.69, 9.17) is 9.72 Å². The number of likely N-dealkylation sites (tertiary alicyclic amines) is 2. The highest BCUT2D eigenvalue weighted by Crippen LogP contribution is 2.42. The Hall–Kier alpha value is -7.86. The molecule has 3 amide bonds. The summed E-state index contributed by atoms with van der Waals surface area (Å²) in [5.41, 5.74) is 5.61. The van der Waals surface area contributed by atoms with Crippen LogP contribution < -0.4 is 10.9 Å². The fourth-order valence-electron chi connectivity index (χ4n) is 12.1. The van der Waals surface area contributed by atoms with E-state index in [0.29, 0.717) is 85.2 Å². The molecule has 0 bridgehead atoms. The highest BCUT2D eigenvalue weighted by atomic mass is 16.6. The number of ether oxygens (including phenoxy) is 1. The zero-order chi connectivity index (χ0) is 53.3. The Kier molecular flexibility index (Phi) is 13.0. The number of aliphatic hydroxyl groups is 1. The van der Waals surface area contributed by atoms with Gasteiger partial charge in [-0.15, -0.1) is 10.2 Å². The fourth-order valence-corrected chi connectivity index (χ4v) is 12.1. The zero-order valence-corrected chi connectivity index (χ0v) is 43.6. The van der Waals surface area contributed by atoms with Crippen LogP contribution in [0, 0.1) is 5.92 Å². The summed E-state index contributed by atoms with van der Waals surface area (Å²) in [6, 6.07) is 18.0. The van der Waals surface area contributed by atoms with E-state index in [1.54, 1.807) is 33.1 Å². The Morgan fingerprint density at radius 2 is 1.71 bits per heavy atom. The number of aromatic nitrogens is 6. The lowest BCUT2D eigenvalue weighted by atomic mass is 9.86. The second-order valence-corrected chi connectivity index (χ2v) is 21.1. The number of rotatable bonds is 13. The lowest BCUT2D eigenvalue weighted by molar-refractivity contribution is -0.172. The molecule has 0 saturated carbocycles. The summed E-state index contributed by atoms with van der Waals surface area (Å²) >= 11 is 0. The van der Waals surface area contributed by atoms with Gasteiger partial charge in [0.05, 0.1) is 46.7 Å². The average Bonchev–Trinajstić information content (AvgIpc) is 4.25. The number of hydrogen-bond acceptors (Lipinski definition) is 12. The predicted octanol–water partition coefficient (Wildman–Crippen LogP) is 6.99. The number of piperidine rings is 1. The van der Waals surface area contributed by atoms with Crippen molar-refractivity contribution >= 4 is 45.5 Å². The Balaban J connectivity index is 0.737. The summed E-state index contributed by atoms with van der Waals surface area (Å²) in [5, 5.41) is 46.2. The van der Waals surface area contributed by atoms with Crippen LogP contribution >= 0.6 is 0 Å². The molecule has 8 heterocycles. The number of nitrogens with zero attached hydrogens (tertiary/aromatic N) is 8. The maximum absolute atomic E-state index is 14.2. The fraction of sp³-hybridized carbons (Fsp3) is 0.414. The number of pyridine rings is 2. The SMILES string of the molecule is CCNC(=O)c1nnc(-c2cc(C(C)C)c(O)cc2O)n1-c1ccc2c(ccn2CCC2CCN(C(=O)[C@@H]3CCCN3C(=O)Cc3ccc4nc5c(c(CC)c4c3)Cn3c-5cc4c(c3=O)COC(=O)[C@]4(O)CC)CC2)c1. The van der Waals surface area contributed by atoms with Gasteiger partial charge < -0.3 is 44.3 Å². The summed E-state index contributed by atoms with van der Waals surface area (Å²) < 4.78 is 10.8. The standard InChI is InChI=1S/C58H63N9O9/c1-6-37-39-24-34(11-13-44(39)60-51-41(37)30-66-47(51)28-43-42(55(66)72)31-76-57(74)58(43,75)7-2)25-50(70)65-19-9-10-46(65)56(73)64-21-16-33(17-22-64)15-20-63-23-18-35-26-36(12-14-45(35)63)67-52(61-62-53(67)54(71)59-8-3)40-27-38(32(4)5)48(68)29-49(40)69/h11-14,18,23-24,26-29,32-33,46,68-69,75H,6-10,15-17,19-22,25,30-31H2,1-5H3,(H,59,71)/t46-,58-/m0/s1. The second kappa shape index (κ2) is 19.7. The lowest BCUT2D eigenvalue weighted by Crippen LogP contribution is -2.50. The maximum atomic E-state index is 14.2. The van der Waals surface area contributed by atoms with Crippen LogP contribution in [0.5, 0.6) is 11.5 Å². The van der Waals surface area contributed by atoms with Crippen molar-refractivity contribution in [2.24, 2.45) is 5.92 Å². The number of carbonyl (C=O) groups is 4. The molecule has 18 heteroatoms. The van der Waals surface area contributed by atoms with Gasteiger partial charge in [-0.2, -0.15) is 0 Å².